The summed E-state index contributed by atoms with van der Waals surface area (Å²) < 4.78 is 0. The van der Waals surface area contributed by atoms with Crippen LogP contribution in [-0.2, 0) is 11.2 Å². The molecule has 1 aromatic rings. The lowest BCUT2D eigenvalue weighted by Gasteiger charge is -2.16. The molecule has 0 saturated carbocycles. The first-order valence-electron chi connectivity index (χ1n) is 9.40. The van der Waals surface area contributed by atoms with Crippen molar-refractivity contribution in [2.24, 2.45) is 10.9 Å². The van der Waals surface area contributed by atoms with E-state index in [1.807, 2.05) is 19.1 Å². The molecule has 0 fully saturated rings. The number of rotatable bonds is 9. The fourth-order valence-electron chi connectivity index (χ4n) is 2.98. The molecule has 5 heteroatoms. The Hall–Kier alpha value is -1.49. The average Bonchev–Trinajstić information content (AvgIpc) is 2.92. The standard InChI is InChI=1S/C20H31N3OS/c1-4-5-6-7-8-16-9-11-17(12-10-16)22-20(25)23-19(24)18-13-14(2)15(3)21-18/h9-12,14-15,20,22,25H,4-8,13H2,1-3H3,(H,23,24). The number of hydrogen-bond donors (Lipinski definition) is 3. The van der Waals surface area contributed by atoms with Gasteiger partial charge in [0.1, 0.15) is 11.2 Å². The molecule has 0 spiro atoms. The minimum absolute atomic E-state index is 0.128. The van der Waals surface area contributed by atoms with Crippen molar-refractivity contribution in [3.63, 3.8) is 0 Å². The van der Waals surface area contributed by atoms with E-state index in [1.165, 1.54) is 31.2 Å². The van der Waals surface area contributed by atoms with E-state index >= 15 is 0 Å². The number of amides is 1. The van der Waals surface area contributed by atoms with Gasteiger partial charge in [-0.3, -0.25) is 9.79 Å². The fraction of sp³-hybridized carbons (Fsp3) is 0.600. The summed E-state index contributed by atoms with van der Waals surface area (Å²) in [5, 5.41) is 6.06. The highest BCUT2D eigenvalue weighted by Crippen LogP contribution is 2.20. The minimum Gasteiger partial charge on any atom is -0.357 e. The minimum atomic E-state index is -0.434. The highest BCUT2D eigenvalue weighted by Gasteiger charge is 2.26. The van der Waals surface area contributed by atoms with Gasteiger partial charge in [-0.15, -0.1) is 12.6 Å². The number of hydrogen-bond acceptors (Lipinski definition) is 4. The molecule has 138 valence electrons. The molecule has 0 bridgehead atoms. The lowest BCUT2D eigenvalue weighted by atomic mass is 10.0. The lowest BCUT2D eigenvalue weighted by Crippen LogP contribution is -2.40. The second kappa shape index (κ2) is 9.85. The summed E-state index contributed by atoms with van der Waals surface area (Å²) in [6, 6.07) is 8.59. The SMILES string of the molecule is CCCCCCc1ccc(NC(S)NC(=O)C2=NC(C)C(C)C2)cc1. The van der Waals surface area contributed by atoms with Gasteiger partial charge in [0.2, 0.25) is 0 Å². The van der Waals surface area contributed by atoms with Gasteiger partial charge in [-0.1, -0.05) is 45.2 Å². The van der Waals surface area contributed by atoms with Crippen molar-refractivity contribution in [1.29, 1.82) is 0 Å². The van der Waals surface area contributed by atoms with Gasteiger partial charge in [0, 0.05) is 5.69 Å². The van der Waals surface area contributed by atoms with Crippen molar-refractivity contribution < 1.29 is 4.79 Å². The summed E-state index contributed by atoms with van der Waals surface area (Å²) in [7, 11) is 0. The fourth-order valence-corrected chi connectivity index (χ4v) is 3.24. The molecule has 2 N–H and O–H groups in total. The van der Waals surface area contributed by atoms with Crippen LogP contribution in [0.1, 0.15) is 58.4 Å². The molecular formula is C20H31N3OS. The molecule has 1 amide bonds. The van der Waals surface area contributed by atoms with E-state index in [2.05, 4.69) is 54.2 Å². The number of aryl methyl sites for hydroxylation is 1. The zero-order valence-corrected chi connectivity index (χ0v) is 16.5. The number of thiol groups is 1. The molecule has 0 saturated heterocycles. The maximum atomic E-state index is 12.2. The van der Waals surface area contributed by atoms with E-state index < -0.39 is 5.50 Å². The normalized spacial score (nSPS) is 20.9. The predicted molar refractivity (Wildman–Crippen MR) is 110 cm³/mol. The Morgan fingerprint density at radius 3 is 2.56 bits per heavy atom. The van der Waals surface area contributed by atoms with Gasteiger partial charge in [-0.05, 0) is 49.8 Å². The van der Waals surface area contributed by atoms with E-state index in [0.717, 1.165) is 18.5 Å². The Balaban J connectivity index is 1.77. The zero-order chi connectivity index (χ0) is 18.2. The van der Waals surface area contributed by atoms with Gasteiger partial charge in [-0.2, -0.15) is 0 Å². The van der Waals surface area contributed by atoms with Crippen LogP contribution < -0.4 is 10.6 Å². The maximum absolute atomic E-state index is 12.2. The molecule has 4 nitrogen and oxygen atoms in total. The third kappa shape index (κ3) is 6.38. The van der Waals surface area contributed by atoms with E-state index in [0.29, 0.717) is 11.6 Å². The van der Waals surface area contributed by atoms with Crippen LogP contribution in [0, 0.1) is 5.92 Å². The maximum Gasteiger partial charge on any atom is 0.267 e. The summed E-state index contributed by atoms with van der Waals surface area (Å²) in [5.74, 6) is 0.299. The molecule has 2 rings (SSSR count). The summed E-state index contributed by atoms with van der Waals surface area (Å²) in [6.45, 7) is 6.40. The molecule has 25 heavy (non-hydrogen) atoms. The van der Waals surface area contributed by atoms with Crippen LogP contribution in [0.4, 0.5) is 5.69 Å². The molecule has 3 atom stereocenters. The Labute approximate surface area is 157 Å². The Morgan fingerprint density at radius 2 is 1.96 bits per heavy atom. The van der Waals surface area contributed by atoms with Gasteiger partial charge >= 0.3 is 0 Å². The number of aliphatic imine (C=N–C) groups is 1. The lowest BCUT2D eigenvalue weighted by molar-refractivity contribution is -0.114. The molecule has 0 aliphatic carbocycles. The Kier molecular flexibility index (Phi) is 7.82. The monoisotopic (exact) mass is 361 g/mol. The predicted octanol–water partition coefficient (Wildman–Crippen LogP) is 4.42. The molecule has 0 radical (unpaired) electrons. The van der Waals surface area contributed by atoms with Crippen LogP contribution >= 0.6 is 12.6 Å². The van der Waals surface area contributed by atoms with Crippen molar-refractivity contribution in [2.75, 3.05) is 5.32 Å². The number of nitrogens with zero attached hydrogens (tertiary/aromatic N) is 1. The number of carbonyl (C=O) groups excluding carboxylic acids is 1. The van der Waals surface area contributed by atoms with Crippen molar-refractivity contribution in [3.8, 4) is 0 Å². The third-order valence-corrected chi connectivity index (χ3v) is 5.06. The van der Waals surface area contributed by atoms with Crippen LogP contribution in [0.15, 0.2) is 29.3 Å². The van der Waals surface area contributed by atoms with E-state index in [1.54, 1.807) is 0 Å². The number of unbranched alkanes of at least 4 members (excludes halogenated alkanes) is 3. The average molecular weight is 362 g/mol. The number of carbonyl (C=O) groups is 1. The number of nitrogens with one attached hydrogen (secondary N) is 2. The van der Waals surface area contributed by atoms with Crippen LogP contribution in [0.2, 0.25) is 0 Å². The number of benzene rings is 1. The zero-order valence-electron chi connectivity index (χ0n) is 15.6. The topological polar surface area (TPSA) is 53.5 Å². The molecule has 0 aromatic heterocycles. The second-order valence-corrected chi connectivity index (χ2v) is 7.54. The van der Waals surface area contributed by atoms with Crippen LogP contribution in [0.5, 0.6) is 0 Å². The van der Waals surface area contributed by atoms with Gasteiger partial charge in [0.05, 0.1) is 6.04 Å². The highest BCUT2D eigenvalue weighted by atomic mass is 32.1. The van der Waals surface area contributed by atoms with E-state index in [-0.39, 0.29) is 11.9 Å². The van der Waals surface area contributed by atoms with Gasteiger partial charge in [-0.25, -0.2) is 0 Å². The van der Waals surface area contributed by atoms with Crippen molar-refractivity contribution in [1.82, 2.24) is 5.32 Å². The molecule has 1 aromatic carbocycles. The third-order valence-electron chi connectivity index (χ3n) is 4.80. The molecule has 3 unspecified atom stereocenters. The first-order valence-corrected chi connectivity index (χ1v) is 9.92. The van der Waals surface area contributed by atoms with E-state index in [9.17, 15) is 4.79 Å². The quantitative estimate of drug-likeness (QED) is 0.346. The van der Waals surface area contributed by atoms with E-state index in [4.69, 9.17) is 0 Å². The summed E-state index contributed by atoms with van der Waals surface area (Å²) in [4.78, 5) is 16.7. The second-order valence-electron chi connectivity index (χ2n) is 7.03. The van der Waals surface area contributed by atoms with Crippen LogP contribution in [-0.4, -0.2) is 23.2 Å². The summed E-state index contributed by atoms with van der Waals surface area (Å²) in [6.07, 6.45) is 6.97. The molecular weight excluding hydrogens is 330 g/mol. The van der Waals surface area contributed by atoms with Crippen LogP contribution in [0.25, 0.3) is 0 Å². The first kappa shape index (κ1) is 19.8. The van der Waals surface area contributed by atoms with Crippen molar-refractivity contribution in [3.05, 3.63) is 29.8 Å². The summed E-state index contributed by atoms with van der Waals surface area (Å²) >= 11 is 4.43. The Bertz CT molecular complexity index is 585. The summed E-state index contributed by atoms with van der Waals surface area (Å²) in [5.41, 5.74) is 2.50. The Morgan fingerprint density at radius 1 is 1.24 bits per heavy atom. The largest absolute Gasteiger partial charge is 0.357 e. The van der Waals surface area contributed by atoms with Gasteiger partial charge < -0.3 is 10.6 Å². The first-order chi connectivity index (χ1) is 12.0. The van der Waals surface area contributed by atoms with Crippen LogP contribution in [0.3, 0.4) is 0 Å². The van der Waals surface area contributed by atoms with Crippen molar-refractivity contribution >= 4 is 29.9 Å². The molecule has 1 aliphatic heterocycles. The van der Waals surface area contributed by atoms with Gasteiger partial charge in [0.15, 0.2) is 0 Å². The van der Waals surface area contributed by atoms with Crippen molar-refractivity contribution in [2.45, 2.75) is 70.8 Å². The molecule has 1 heterocycles. The molecule has 1 aliphatic rings. The number of anilines is 1. The van der Waals surface area contributed by atoms with Gasteiger partial charge in [0.25, 0.3) is 5.91 Å². The smallest absolute Gasteiger partial charge is 0.267 e. The highest BCUT2D eigenvalue weighted by molar-refractivity contribution is 7.81.